The van der Waals surface area contributed by atoms with Gasteiger partial charge >= 0.3 is 12.2 Å². The molecule has 1 aromatic heterocycles. The zero-order chi connectivity index (χ0) is 29.9. The third-order valence-electron chi connectivity index (χ3n) is 7.95. The van der Waals surface area contributed by atoms with E-state index < -0.39 is 29.7 Å². The Morgan fingerprint density at radius 1 is 1.07 bits per heavy atom. The predicted octanol–water partition coefficient (Wildman–Crippen LogP) is 4.41. The molecule has 2 N–H and O–H groups in total. The van der Waals surface area contributed by atoms with Gasteiger partial charge in [0.1, 0.15) is 30.3 Å². The predicted molar refractivity (Wildman–Crippen MR) is 148 cm³/mol. The number of aromatic nitrogens is 2. The van der Waals surface area contributed by atoms with E-state index in [0.717, 1.165) is 41.3 Å². The smallest absolute Gasteiger partial charge is 0.416 e. The maximum Gasteiger partial charge on any atom is 0.416 e. The van der Waals surface area contributed by atoms with Crippen LogP contribution in [0.3, 0.4) is 0 Å². The Hall–Kier alpha value is -4.55. The number of carbonyl (C=O) groups is 3. The molecular weight excluding hydrogens is 553 g/mol. The summed E-state index contributed by atoms with van der Waals surface area (Å²) in [5.74, 6) is 0.127. The fourth-order valence-electron chi connectivity index (χ4n) is 5.95. The van der Waals surface area contributed by atoms with Crippen LogP contribution in [0.5, 0.6) is 5.75 Å². The van der Waals surface area contributed by atoms with E-state index in [4.69, 9.17) is 15.5 Å². The second-order valence-electron chi connectivity index (χ2n) is 11.0. The molecule has 4 amide bonds. The van der Waals surface area contributed by atoms with Gasteiger partial charge in [-0.3, -0.25) is 14.5 Å². The molecular formula is C29H29F3N6O4. The van der Waals surface area contributed by atoms with Gasteiger partial charge in [0.25, 0.3) is 5.91 Å². The lowest BCUT2D eigenvalue weighted by Gasteiger charge is -2.25. The summed E-state index contributed by atoms with van der Waals surface area (Å²) in [5.41, 5.74) is 6.27. The van der Waals surface area contributed by atoms with Crippen molar-refractivity contribution >= 4 is 35.0 Å². The van der Waals surface area contributed by atoms with Crippen LogP contribution in [0.4, 0.5) is 35.2 Å². The highest BCUT2D eigenvalue weighted by atomic mass is 19.4. The van der Waals surface area contributed by atoms with Crippen molar-refractivity contribution in [2.45, 2.75) is 51.5 Å². The van der Waals surface area contributed by atoms with E-state index >= 15 is 0 Å². The van der Waals surface area contributed by atoms with Gasteiger partial charge in [-0.05, 0) is 55.2 Å². The van der Waals surface area contributed by atoms with Crippen LogP contribution in [0.25, 0.3) is 11.4 Å². The topological polar surface area (TPSA) is 114 Å². The van der Waals surface area contributed by atoms with Gasteiger partial charge in [-0.2, -0.15) is 13.2 Å². The van der Waals surface area contributed by atoms with Crippen molar-refractivity contribution in [3.63, 3.8) is 0 Å². The minimum Gasteiger partial charge on any atom is -0.491 e. The summed E-state index contributed by atoms with van der Waals surface area (Å²) in [6.45, 7) is 5.02. The number of imidazole rings is 1. The van der Waals surface area contributed by atoms with Crippen molar-refractivity contribution < 1.29 is 32.3 Å². The molecule has 1 unspecified atom stereocenters. The van der Waals surface area contributed by atoms with Gasteiger partial charge in [0, 0.05) is 24.5 Å². The van der Waals surface area contributed by atoms with Crippen molar-refractivity contribution in [1.82, 2.24) is 9.55 Å². The summed E-state index contributed by atoms with van der Waals surface area (Å²) in [4.78, 5) is 48.1. The molecule has 220 valence electrons. The van der Waals surface area contributed by atoms with Crippen molar-refractivity contribution in [2.24, 2.45) is 11.7 Å². The molecule has 0 radical (unpaired) electrons. The molecule has 2 fully saturated rings. The Morgan fingerprint density at radius 2 is 1.79 bits per heavy atom. The number of halogens is 3. The minimum absolute atomic E-state index is 0.0503. The zero-order valence-corrected chi connectivity index (χ0v) is 23.0. The Labute approximate surface area is 239 Å². The lowest BCUT2D eigenvalue weighted by atomic mass is 10.0. The van der Waals surface area contributed by atoms with Crippen LogP contribution in [0, 0.1) is 5.92 Å². The molecule has 3 aliphatic rings. The van der Waals surface area contributed by atoms with Gasteiger partial charge in [0.15, 0.2) is 5.82 Å². The van der Waals surface area contributed by atoms with Crippen LogP contribution in [-0.4, -0.2) is 52.6 Å². The molecule has 6 rings (SSSR count). The molecule has 3 aliphatic heterocycles. The average molecular weight is 583 g/mol. The van der Waals surface area contributed by atoms with Gasteiger partial charge in [-0.15, -0.1) is 0 Å². The number of primary amides is 1. The van der Waals surface area contributed by atoms with E-state index in [0.29, 0.717) is 43.3 Å². The highest BCUT2D eigenvalue weighted by molar-refractivity contribution is 6.28. The molecule has 0 aliphatic carbocycles. The number of hydrogen-bond donors (Lipinski definition) is 1. The number of rotatable bonds is 5. The number of carbonyl (C=O) groups excluding carboxylic acids is 3. The van der Waals surface area contributed by atoms with Gasteiger partial charge in [-0.1, -0.05) is 13.8 Å². The van der Waals surface area contributed by atoms with Gasteiger partial charge < -0.3 is 19.9 Å². The average Bonchev–Trinajstić information content (AvgIpc) is 3.62. The van der Waals surface area contributed by atoms with E-state index in [9.17, 15) is 27.6 Å². The molecule has 2 saturated heterocycles. The molecule has 42 heavy (non-hydrogen) atoms. The molecule has 2 atom stereocenters. The normalized spacial score (nSPS) is 20.6. The number of anilines is 3. The minimum atomic E-state index is -4.54. The fourth-order valence-corrected chi connectivity index (χ4v) is 5.95. The monoisotopic (exact) mass is 582 g/mol. The fraction of sp³-hybridized carbons (Fsp3) is 0.379. The number of ether oxygens (including phenoxy) is 1. The Kier molecular flexibility index (Phi) is 6.62. The highest BCUT2D eigenvalue weighted by Crippen LogP contribution is 2.40. The number of amides is 4. The summed E-state index contributed by atoms with van der Waals surface area (Å²) in [6, 6.07) is 7.54. The first-order valence-electron chi connectivity index (χ1n) is 13.7. The number of benzene rings is 2. The Morgan fingerprint density at radius 3 is 2.45 bits per heavy atom. The van der Waals surface area contributed by atoms with E-state index in [1.54, 1.807) is 20.0 Å². The Bertz CT molecular complexity index is 1570. The SMILES string of the molecule is CC(C)C1C(=O)N(c2ccc(C(F)(F)F)cc2)C(=O)N1c1cn2c(n1)-c1ccc(N3CCC[C@H]3C(N)=O)cc1OCC2. The maximum atomic E-state index is 13.7. The summed E-state index contributed by atoms with van der Waals surface area (Å²) in [6.07, 6.45) is -1.33. The van der Waals surface area contributed by atoms with Gasteiger partial charge in [-0.25, -0.2) is 14.7 Å². The molecule has 2 aromatic carbocycles. The maximum absolute atomic E-state index is 13.7. The van der Waals surface area contributed by atoms with Gasteiger partial charge in [0.2, 0.25) is 5.91 Å². The van der Waals surface area contributed by atoms with E-state index in [1.807, 2.05) is 27.7 Å². The second-order valence-corrected chi connectivity index (χ2v) is 11.0. The summed E-state index contributed by atoms with van der Waals surface area (Å²) in [5, 5.41) is 0. The number of fused-ring (bicyclic) bond motifs is 3. The first kappa shape index (κ1) is 27.6. The number of imide groups is 1. The van der Waals surface area contributed by atoms with Crippen LogP contribution in [-0.2, 0) is 22.3 Å². The summed E-state index contributed by atoms with van der Waals surface area (Å²) < 4.78 is 47.2. The molecule has 0 bridgehead atoms. The summed E-state index contributed by atoms with van der Waals surface area (Å²) >= 11 is 0. The van der Waals surface area contributed by atoms with Gasteiger partial charge in [0.05, 0.1) is 23.4 Å². The lowest BCUT2D eigenvalue weighted by Crippen LogP contribution is -2.40. The zero-order valence-electron chi connectivity index (χ0n) is 23.0. The molecule has 4 heterocycles. The standard InChI is InChI=1S/C29H29F3N6O4/c1-16(2)24-27(40)37(18-7-5-17(6-8-18)29(30,31)32)28(41)38(24)23-15-35-12-13-42-22-14-19(9-10-20(22)26(35)34-23)36-11-3-4-21(36)25(33)39/h5-10,14-16,21,24H,3-4,11-13H2,1-2H3,(H2,33,39)/t21-,24?/m0/s1. The quantitative estimate of drug-likeness (QED) is 0.446. The van der Waals surface area contributed by atoms with Crippen LogP contribution >= 0.6 is 0 Å². The largest absolute Gasteiger partial charge is 0.491 e. The molecule has 3 aromatic rings. The third kappa shape index (κ3) is 4.52. The summed E-state index contributed by atoms with van der Waals surface area (Å²) in [7, 11) is 0. The second kappa shape index (κ2) is 10.1. The van der Waals surface area contributed by atoms with Crippen molar-refractivity contribution in [3.8, 4) is 17.1 Å². The van der Waals surface area contributed by atoms with Crippen LogP contribution in [0.15, 0.2) is 48.7 Å². The van der Waals surface area contributed by atoms with Crippen LogP contribution in [0.1, 0.15) is 32.3 Å². The number of urea groups is 1. The van der Waals surface area contributed by atoms with E-state index in [-0.39, 0.29) is 29.4 Å². The third-order valence-corrected chi connectivity index (χ3v) is 7.95. The number of nitrogens with zero attached hydrogens (tertiary/aromatic N) is 5. The van der Waals surface area contributed by atoms with Crippen LogP contribution < -0.4 is 25.2 Å². The van der Waals surface area contributed by atoms with E-state index in [2.05, 4.69) is 0 Å². The number of nitrogens with two attached hydrogens (primary N) is 1. The van der Waals surface area contributed by atoms with Crippen molar-refractivity contribution in [1.29, 1.82) is 0 Å². The van der Waals surface area contributed by atoms with Crippen molar-refractivity contribution in [3.05, 3.63) is 54.2 Å². The number of alkyl halides is 3. The molecule has 0 saturated carbocycles. The Balaban J connectivity index is 1.35. The first-order chi connectivity index (χ1) is 20.0. The van der Waals surface area contributed by atoms with Crippen molar-refractivity contribution in [2.75, 3.05) is 27.9 Å². The lowest BCUT2D eigenvalue weighted by molar-refractivity contribution is -0.137. The highest BCUT2D eigenvalue weighted by Gasteiger charge is 2.49. The van der Waals surface area contributed by atoms with E-state index in [1.165, 1.54) is 4.90 Å². The molecule has 13 heteroatoms. The first-order valence-corrected chi connectivity index (χ1v) is 13.7. The molecule has 0 spiro atoms. The molecule has 10 nitrogen and oxygen atoms in total. The van der Waals surface area contributed by atoms with Crippen LogP contribution in [0.2, 0.25) is 0 Å². The number of hydrogen-bond acceptors (Lipinski definition) is 6.